The highest BCUT2D eigenvalue weighted by molar-refractivity contribution is 5.88. The Hall–Kier alpha value is -5.20. The number of carboxylic acid groups (broad SMARTS) is 1. The van der Waals surface area contributed by atoms with Crippen molar-refractivity contribution >= 4 is 22.9 Å². The van der Waals surface area contributed by atoms with E-state index in [1.807, 2.05) is 24.3 Å². The molecule has 1 fully saturated rings. The smallest absolute Gasteiger partial charge is 0.407 e. The van der Waals surface area contributed by atoms with E-state index in [0.717, 1.165) is 27.7 Å². The van der Waals surface area contributed by atoms with Gasteiger partial charge in [-0.25, -0.2) is 14.8 Å². The highest BCUT2D eigenvalue weighted by Gasteiger charge is 2.39. The first-order valence-corrected chi connectivity index (χ1v) is 14.8. The van der Waals surface area contributed by atoms with Crippen LogP contribution in [0.15, 0.2) is 110 Å². The van der Waals surface area contributed by atoms with Crippen LogP contribution in [0, 0.1) is 17.2 Å². The minimum Gasteiger partial charge on any atom is -0.465 e. The first-order chi connectivity index (χ1) is 21.6. The molecule has 0 spiro atoms. The topological polar surface area (TPSA) is 116 Å². The quantitative estimate of drug-likeness (QED) is 0.153. The Kier molecular flexibility index (Phi) is 8.52. The zero-order valence-electron chi connectivity index (χ0n) is 24.3. The summed E-state index contributed by atoms with van der Waals surface area (Å²) in [5.74, 6) is 0.651. The molecule has 5 aromatic rings. The number of hydrogen-bond donors (Lipinski definition) is 2. The van der Waals surface area contributed by atoms with E-state index in [1.165, 1.54) is 4.90 Å². The average Bonchev–Trinajstić information content (AvgIpc) is 3.50. The maximum absolute atomic E-state index is 12.0. The summed E-state index contributed by atoms with van der Waals surface area (Å²) in [5, 5.41) is 23.0. The number of benzene rings is 3. The fraction of sp³-hybridized carbons (Fsp3) is 0.257. The second-order valence-corrected chi connectivity index (χ2v) is 11.1. The van der Waals surface area contributed by atoms with Gasteiger partial charge < -0.3 is 24.6 Å². The van der Waals surface area contributed by atoms with Gasteiger partial charge >= 0.3 is 6.09 Å². The van der Waals surface area contributed by atoms with Crippen molar-refractivity contribution in [3.8, 4) is 6.07 Å². The third kappa shape index (κ3) is 5.60. The number of nitriles is 1. The molecule has 44 heavy (non-hydrogen) atoms. The Bertz CT molecular complexity index is 1640. The van der Waals surface area contributed by atoms with Crippen molar-refractivity contribution in [3.63, 3.8) is 0 Å². The van der Waals surface area contributed by atoms with Crippen LogP contribution in [0.4, 0.5) is 10.6 Å². The number of nitrogens with zero attached hydrogens (tertiary/aromatic N) is 5. The lowest BCUT2D eigenvalue weighted by molar-refractivity contribution is 0.0581. The number of amides is 1. The number of nitrogens with one attached hydrogen (secondary N) is 1. The Labute approximate surface area is 256 Å². The van der Waals surface area contributed by atoms with Crippen LogP contribution >= 0.6 is 0 Å². The first kappa shape index (κ1) is 28.9. The largest absolute Gasteiger partial charge is 0.465 e. The van der Waals surface area contributed by atoms with Crippen LogP contribution in [0.1, 0.15) is 29.5 Å². The lowest BCUT2D eigenvalue weighted by Crippen LogP contribution is -2.49. The molecule has 1 amide bonds. The molecule has 0 saturated carbocycles. The van der Waals surface area contributed by atoms with Crippen LogP contribution in [-0.2, 0) is 10.3 Å². The summed E-state index contributed by atoms with van der Waals surface area (Å²) in [6.07, 6.45) is 3.69. The van der Waals surface area contributed by atoms with Crippen molar-refractivity contribution in [1.29, 1.82) is 5.26 Å². The lowest BCUT2D eigenvalue weighted by Gasteiger charge is -2.38. The molecule has 0 unspecified atom stereocenters. The van der Waals surface area contributed by atoms with Crippen LogP contribution in [0.2, 0.25) is 0 Å². The first-order valence-electron chi connectivity index (χ1n) is 14.8. The van der Waals surface area contributed by atoms with E-state index < -0.39 is 11.6 Å². The van der Waals surface area contributed by atoms with E-state index in [9.17, 15) is 9.90 Å². The molecule has 2 N–H and O–H groups in total. The van der Waals surface area contributed by atoms with Gasteiger partial charge in [0.2, 0.25) is 0 Å². The highest BCUT2D eigenvalue weighted by atomic mass is 16.5. The maximum Gasteiger partial charge on any atom is 0.407 e. The third-order valence-corrected chi connectivity index (χ3v) is 8.28. The number of ether oxygens (including phenoxy) is 1. The standard InChI is InChI=1S/C35H34N6O3/c36-18-10-20-44-24-26-21-30(23-40(22-26)34(42)43)39-32-31-17-19-41(33(31)38-25-37-32)35(27-11-4-1-5-12-27,28-13-6-2-7-14-28)29-15-8-3-9-16-29/h1-9,11-17,19,25-26,30H,10,20-24H2,(H,42,43)(H,37,38,39)/t26-,30+/m0/s1. The Morgan fingerprint density at radius 2 is 1.55 bits per heavy atom. The summed E-state index contributed by atoms with van der Waals surface area (Å²) in [6.45, 7) is 1.46. The molecule has 2 atom stereocenters. The molecule has 1 aliphatic rings. The average molecular weight is 587 g/mol. The maximum atomic E-state index is 12.0. The van der Waals surface area contributed by atoms with Crippen molar-refractivity contribution in [2.75, 3.05) is 31.6 Å². The van der Waals surface area contributed by atoms with E-state index in [4.69, 9.17) is 15.0 Å². The van der Waals surface area contributed by atoms with Crippen LogP contribution in [-0.4, -0.2) is 63.0 Å². The number of anilines is 1. The molecule has 6 rings (SSSR count). The van der Waals surface area contributed by atoms with Crippen LogP contribution in [0.5, 0.6) is 0 Å². The SMILES string of the molecule is N#CCCOC[C@H]1C[C@@H](Nc2ncnc3c2ccn3C(c2ccccc2)(c2ccccc2)c2ccccc2)CN(C(=O)O)C1. The molecule has 9 nitrogen and oxygen atoms in total. The molecular weight excluding hydrogens is 552 g/mol. The van der Waals surface area contributed by atoms with Crippen LogP contribution < -0.4 is 5.32 Å². The fourth-order valence-corrected chi connectivity index (χ4v) is 6.44. The van der Waals surface area contributed by atoms with Gasteiger partial charge in [0.25, 0.3) is 0 Å². The van der Waals surface area contributed by atoms with Crippen molar-refractivity contribution in [2.24, 2.45) is 5.92 Å². The zero-order chi connectivity index (χ0) is 30.4. The number of carbonyl (C=O) groups is 1. The molecule has 0 bridgehead atoms. The van der Waals surface area contributed by atoms with Crippen LogP contribution in [0.25, 0.3) is 11.0 Å². The summed E-state index contributed by atoms with van der Waals surface area (Å²) in [4.78, 5) is 22.9. The van der Waals surface area contributed by atoms with Gasteiger partial charge in [-0.1, -0.05) is 91.0 Å². The van der Waals surface area contributed by atoms with Crippen LogP contribution in [0.3, 0.4) is 0 Å². The van der Waals surface area contributed by atoms with Crippen molar-refractivity contribution < 1.29 is 14.6 Å². The Morgan fingerprint density at radius 3 is 2.11 bits per heavy atom. The molecular formula is C35H34N6O3. The van der Waals surface area contributed by atoms with Gasteiger partial charge in [0.15, 0.2) is 0 Å². The predicted molar refractivity (Wildman–Crippen MR) is 168 cm³/mol. The summed E-state index contributed by atoms with van der Waals surface area (Å²) < 4.78 is 7.89. The minimum absolute atomic E-state index is 0.000129. The van der Waals surface area contributed by atoms with Gasteiger partial charge in [0.05, 0.1) is 31.1 Å². The molecule has 1 aliphatic heterocycles. The van der Waals surface area contributed by atoms with Gasteiger partial charge in [0.1, 0.15) is 23.3 Å². The number of rotatable bonds is 10. The van der Waals surface area contributed by atoms with E-state index in [-0.39, 0.29) is 12.0 Å². The fourth-order valence-electron chi connectivity index (χ4n) is 6.44. The monoisotopic (exact) mass is 586 g/mol. The number of fused-ring (bicyclic) bond motifs is 1. The molecule has 0 aliphatic carbocycles. The predicted octanol–water partition coefficient (Wildman–Crippen LogP) is 5.98. The molecule has 222 valence electrons. The van der Waals surface area contributed by atoms with Crippen molar-refractivity contribution in [2.45, 2.75) is 24.4 Å². The molecule has 1 saturated heterocycles. The van der Waals surface area contributed by atoms with Crippen molar-refractivity contribution in [1.82, 2.24) is 19.4 Å². The van der Waals surface area contributed by atoms with E-state index >= 15 is 0 Å². The second kappa shape index (κ2) is 13.0. The lowest BCUT2D eigenvalue weighted by atomic mass is 9.76. The summed E-state index contributed by atoms with van der Waals surface area (Å²) in [7, 11) is 0. The summed E-state index contributed by atoms with van der Waals surface area (Å²) in [6, 6.07) is 35.2. The van der Waals surface area contributed by atoms with E-state index in [2.05, 4.69) is 99.9 Å². The van der Waals surface area contributed by atoms with Gasteiger partial charge in [-0.3, -0.25) is 0 Å². The Balaban J connectivity index is 1.42. The number of piperidine rings is 1. The highest BCUT2D eigenvalue weighted by Crippen LogP contribution is 2.43. The Morgan fingerprint density at radius 1 is 0.932 bits per heavy atom. The zero-order valence-corrected chi connectivity index (χ0v) is 24.3. The summed E-state index contributed by atoms with van der Waals surface area (Å²) in [5.41, 5.74) is 3.29. The number of aromatic nitrogens is 3. The normalized spacial score (nSPS) is 16.8. The molecule has 2 aromatic heterocycles. The molecule has 0 radical (unpaired) electrons. The molecule has 9 heteroatoms. The van der Waals surface area contributed by atoms with E-state index in [0.29, 0.717) is 45.0 Å². The minimum atomic E-state index is -0.962. The number of hydrogen-bond acceptors (Lipinski definition) is 6. The molecule has 3 aromatic carbocycles. The summed E-state index contributed by atoms with van der Waals surface area (Å²) >= 11 is 0. The van der Waals surface area contributed by atoms with Gasteiger partial charge in [0, 0.05) is 31.2 Å². The van der Waals surface area contributed by atoms with Gasteiger partial charge in [-0.15, -0.1) is 0 Å². The third-order valence-electron chi connectivity index (χ3n) is 8.28. The number of likely N-dealkylation sites (tertiary alicyclic amines) is 1. The van der Waals surface area contributed by atoms with Crippen molar-refractivity contribution in [3.05, 3.63) is 126 Å². The van der Waals surface area contributed by atoms with Gasteiger partial charge in [-0.2, -0.15) is 5.26 Å². The second-order valence-electron chi connectivity index (χ2n) is 11.1. The molecule has 3 heterocycles. The van der Waals surface area contributed by atoms with E-state index in [1.54, 1.807) is 6.33 Å². The van der Waals surface area contributed by atoms with Gasteiger partial charge in [-0.05, 0) is 29.2 Å².